The number of anilines is 1. The maximum atomic E-state index is 13.7. The van der Waals surface area contributed by atoms with Crippen LogP contribution in [0.15, 0.2) is 95.4 Å². The van der Waals surface area contributed by atoms with Gasteiger partial charge in [-0.3, -0.25) is 29.8 Å². The molecular weight excluding hydrogens is 628 g/mol. The first-order valence-corrected chi connectivity index (χ1v) is 16.2. The molecule has 4 aromatic carbocycles. The molecule has 12 nitrogen and oxygen atoms in total. The highest BCUT2D eigenvalue weighted by Gasteiger charge is 2.45. The summed E-state index contributed by atoms with van der Waals surface area (Å²) < 4.78 is 11.8. The number of hydrogen-bond acceptors (Lipinski definition) is 9. The molecule has 0 bridgehead atoms. The molecular formula is C37H32N4O8. The van der Waals surface area contributed by atoms with Gasteiger partial charge >= 0.3 is 5.97 Å². The van der Waals surface area contributed by atoms with E-state index in [-0.39, 0.29) is 17.3 Å². The topological polar surface area (TPSA) is 168 Å². The van der Waals surface area contributed by atoms with Crippen LogP contribution in [0.5, 0.6) is 5.75 Å². The van der Waals surface area contributed by atoms with Crippen LogP contribution in [-0.4, -0.2) is 26.7 Å². The van der Waals surface area contributed by atoms with Crippen LogP contribution in [0, 0.1) is 20.2 Å². The van der Waals surface area contributed by atoms with E-state index in [2.05, 4.69) is 10.3 Å². The standard InChI is InChI=1S/C37H32N4O8/c42-34(36(19-1-2-20-36)25-7-12-28(13-8-25)40(44)45)38-27-11-18-32-31(23-27)39-33(49-32)24-5-16-30(17-6-24)48-35(43)37(21-3-4-22-37)26-9-14-29(15-10-26)41(46)47/h5-18,23H,1-4,19-22H2,(H,38,42). The predicted octanol–water partition coefficient (Wildman–Crippen LogP) is 8.18. The molecule has 5 aromatic rings. The Bertz CT molecular complexity index is 2060. The molecule has 1 amide bonds. The van der Waals surface area contributed by atoms with Gasteiger partial charge in [0, 0.05) is 35.5 Å². The monoisotopic (exact) mass is 660 g/mol. The highest BCUT2D eigenvalue weighted by atomic mass is 16.6. The SMILES string of the molecule is O=C(Nc1ccc2oc(-c3ccc(OC(=O)C4(c5ccc([N+](=O)[O-])cc5)CCCC4)cc3)nc2c1)C1(c2ccc([N+](=O)[O-])cc2)CCCC1. The third-order valence-electron chi connectivity index (χ3n) is 9.96. The number of benzene rings is 4. The van der Waals surface area contributed by atoms with Crippen molar-refractivity contribution in [3.8, 4) is 17.2 Å². The third-order valence-corrected chi connectivity index (χ3v) is 9.96. The second kappa shape index (κ2) is 12.6. The number of amides is 1. The quantitative estimate of drug-likeness (QED) is 0.0709. The van der Waals surface area contributed by atoms with Gasteiger partial charge in [-0.15, -0.1) is 0 Å². The first kappa shape index (κ1) is 31.7. The van der Waals surface area contributed by atoms with E-state index in [1.165, 1.54) is 24.3 Å². The van der Waals surface area contributed by atoms with E-state index >= 15 is 0 Å². The summed E-state index contributed by atoms with van der Waals surface area (Å²) in [6.07, 6.45) is 5.98. The average molecular weight is 661 g/mol. The molecule has 2 aliphatic rings. The molecule has 0 spiro atoms. The first-order valence-electron chi connectivity index (χ1n) is 16.2. The summed E-state index contributed by atoms with van der Waals surface area (Å²) >= 11 is 0. The Kier molecular flexibility index (Phi) is 8.15. The molecule has 7 rings (SSSR count). The van der Waals surface area contributed by atoms with Gasteiger partial charge in [-0.1, -0.05) is 49.9 Å². The van der Waals surface area contributed by atoms with Crippen molar-refractivity contribution in [1.29, 1.82) is 0 Å². The number of oxazole rings is 1. The van der Waals surface area contributed by atoms with Crippen molar-refractivity contribution in [1.82, 2.24) is 4.98 Å². The molecule has 2 saturated carbocycles. The Morgan fingerprint density at radius 3 is 1.80 bits per heavy atom. The van der Waals surface area contributed by atoms with E-state index in [0.29, 0.717) is 65.2 Å². The minimum absolute atomic E-state index is 0.0163. The smallest absolute Gasteiger partial charge is 0.321 e. The molecule has 0 radical (unpaired) electrons. The molecule has 248 valence electrons. The highest BCUT2D eigenvalue weighted by Crippen LogP contribution is 2.44. The van der Waals surface area contributed by atoms with Crippen molar-refractivity contribution in [3.05, 3.63) is 122 Å². The Morgan fingerprint density at radius 2 is 1.24 bits per heavy atom. The fourth-order valence-electron chi connectivity index (χ4n) is 7.27. The van der Waals surface area contributed by atoms with Gasteiger partial charge in [0.15, 0.2) is 5.58 Å². The number of aromatic nitrogens is 1. The number of non-ortho nitro benzene ring substituents is 2. The summed E-state index contributed by atoms with van der Waals surface area (Å²) in [6.45, 7) is 0. The van der Waals surface area contributed by atoms with E-state index in [9.17, 15) is 29.8 Å². The van der Waals surface area contributed by atoms with Crippen LogP contribution in [0.4, 0.5) is 17.1 Å². The van der Waals surface area contributed by atoms with Crippen LogP contribution in [-0.2, 0) is 20.4 Å². The van der Waals surface area contributed by atoms with Crippen molar-refractivity contribution < 1.29 is 28.6 Å². The van der Waals surface area contributed by atoms with E-state index in [1.807, 2.05) is 0 Å². The number of nitrogens with one attached hydrogen (secondary N) is 1. The lowest BCUT2D eigenvalue weighted by molar-refractivity contribution is -0.385. The Labute approximate surface area is 280 Å². The van der Waals surface area contributed by atoms with Crippen molar-refractivity contribution in [2.45, 2.75) is 62.2 Å². The summed E-state index contributed by atoms with van der Waals surface area (Å²) in [7, 11) is 0. The average Bonchev–Trinajstić information content (AvgIpc) is 3.90. The number of nitro groups is 2. The number of esters is 1. The molecule has 12 heteroatoms. The van der Waals surface area contributed by atoms with Gasteiger partial charge in [0.1, 0.15) is 11.3 Å². The number of carbonyl (C=O) groups is 2. The maximum absolute atomic E-state index is 13.7. The summed E-state index contributed by atoms with van der Waals surface area (Å²) in [4.78, 5) is 53.2. The Hall–Kier alpha value is -5.91. The van der Waals surface area contributed by atoms with Gasteiger partial charge in [0.2, 0.25) is 11.8 Å². The molecule has 0 aliphatic heterocycles. The number of hydrogen-bond donors (Lipinski definition) is 1. The predicted molar refractivity (Wildman–Crippen MR) is 180 cm³/mol. The minimum atomic E-state index is -0.861. The number of fused-ring (bicyclic) bond motifs is 1. The number of ether oxygens (including phenoxy) is 1. The minimum Gasteiger partial charge on any atom is -0.436 e. The van der Waals surface area contributed by atoms with Gasteiger partial charge in [0.05, 0.1) is 20.7 Å². The highest BCUT2D eigenvalue weighted by molar-refractivity contribution is 6.00. The second-order valence-corrected chi connectivity index (χ2v) is 12.8. The zero-order valence-electron chi connectivity index (χ0n) is 26.4. The lowest BCUT2D eigenvalue weighted by atomic mass is 9.78. The lowest BCUT2D eigenvalue weighted by Crippen LogP contribution is -2.38. The molecule has 49 heavy (non-hydrogen) atoms. The molecule has 2 aliphatic carbocycles. The fraction of sp³-hybridized carbons (Fsp3) is 0.270. The Morgan fingerprint density at radius 1 is 0.714 bits per heavy atom. The molecule has 0 atom stereocenters. The molecule has 1 aromatic heterocycles. The van der Waals surface area contributed by atoms with E-state index in [0.717, 1.165) is 31.2 Å². The van der Waals surface area contributed by atoms with Crippen molar-refractivity contribution in [2.24, 2.45) is 0 Å². The number of nitro benzene ring substituents is 2. The zero-order chi connectivity index (χ0) is 34.2. The summed E-state index contributed by atoms with van der Waals surface area (Å²) in [6, 6.07) is 24.4. The third kappa shape index (κ3) is 5.90. The lowest BCUT2D eigenvalue weighted by Gasteiger charge is -2.28. The van der Waals surface area contributed by atoms with Crippen molar-refractivity contribution in [3.63, 3.8) is 0 Å². The zero-order valence-corrected chi connectivity index (χ0v) is 26.4. The van der Waals surface area contributed by atoms with Crippen LogP contribution in [0.1, 0.15) is 62.5 Å². The van der Waals surface area contributed by atoms with Gasteiger partial charge in [-0.2, -0.15) is 0 Å². The normalized spacial score (nSPS) is 16.3. The van der Waals surface area contributed by atoms with Crippen LogP contribution >= 0.6 is 0 Å². The summed E-state index contributed by atoms with van der Waals surface area (Å²) in [5.74, 6) is 0.153. The second-order valence-electron chi connectivity index (χ2n) is 12.8. The largest absolute Gasteiger partial charge is 0.436 e. The van der Waals surface area contributed by atoms with Gasteiger partial charge < -0.3 is 14.5 Å². The van der Waals surface area contributed by atoms with E-state index in [1.54, 1.807) is 66.7 Å². The van der Waals surface area contributed by atoms with Gasteiger partial charge in [0.25, 0.3) is 11.4 Å². The van der Waals surface area contributed by atoms with Crippen LogP contribution in [0.3, 0.4) is 0 Å². The molecule has 0 unspecified atom stereocenters. The summed E-state index contributed by atoms with van der Waals surface area (Å²) in [5.41, 5.74) is 2.09. The van der Waals surface area contributed by atoms with E-state index in [4.69, 9.17) is 9.15 Å². The number of rotatable bonds is 9. The van der Waals surface area contributed by atoms with Gasteiger partial charge in [-0.05, 0) is 79.3 Å². The Balaban J connectivity index is 1.06. The molecule has 2 fully saturated rings. The molecule has 1 N–H and O–H groups in total. The molecule has 0 saturated heterocycles. The van der Waals surface area contributed by atoms with Crippen LogP contribution in [0.25, 0.3) is 22.6 Å². The fourth-order valence-corrected chi connectivity index (χ4v) is 7.27. The van der Waals surface area contributed by atoms with Crippen LogP contribution in [0.2, 0.25) is 0 Å². The maximum Gasteiger partial charge on any atom is 0.321 e. The molecule has 1 heterocycles. The van der Waals surface area contributed by atoms with Crippen molar-refractivity contribution >= 4 is 40.0 Å². The van der Waals surface area contributed by atoms with Crippen LogP contribution < -0.4 is 10.1 Å². The number of carbonyl (C=O) groups excluding carboxylic acids is 2. The van der Waals surface area contributed by atoms with E-state index < -0.39 is 26.6 Å². The first-order chi connectivity index (χ1) is 23.7. The summed E-state index contributed by atoms with van der Waals surface area (Å²) in [5, 5.41) is 25.3. The number of nitrogens with zero attached hydrogens (tertiary/aromatic N) is 3. The van der Waals surface area contributed by atoms with Crippen molar-refractivity contribution in [2.75, 3.05) is 5.32 Å². The van der Waals surface area contributed by atoms with Gasteiger partial charge in [-0.25, -0.2) is 4.98 Å².